The molecule has 0 spiro atoms. The van der Waals surface area contributed by atoms with E-state index in [9.17, 15) is 4.79 Å². The van der Waals surface area contributed by atoms with Gasteiger partial charge in [0.25, 0.3) is 5.56 Å². The minimum absolute atomic E-state index is 0.126. The second-order valence-corrected chi connectivity index (χ2v) is 3.81. The number of aromatic amines is 1. The molecular weight excluding hydrogens is 293 g/mol. The molecule has 2 aromatic rings. The summed E-state index contributed by atoms with van der Waals surface area (Å²) in [5, 5.41) is 0. The maximum atomic E-state index is 11.3. The summed E-state index contributed by atoms with van der Waals surface area (Å²) in [5.41, 5.74) is 0.681. The van der Waals surface area contributed by atoms with Gasteiger partial charge in [0, 0.05) is 24.2 Å². The van der Waals surface area contributed by atoms with Crippen LogP contribution in [0.3, 0.4) is 0 Å². The molecular formula is C9H6IN3O. The molecule has 0 atom stereocenters. The van der Waals surface area contributed by atoms with Crippen LogP contribution >= 0.6 is 22.6 Å². The molecule has 0 saturated carbocycles. The molecule has 0 aliphatic rings. The highest BCUT2D eigenvalue weighted by Crippen LogP contribution is 2.10. The Morgan fingerprint density at radius 2 is 2.21 bits per heavy atom. The van der Waals surface area contributed by atoms with E-state index >= 15 is 0 Å². The van der Waals surface area contributed by atoms with E-state index in [0.717, 1.165) is 5.56 Å². The van der Waals surface area contributed by atoms with E-state index in [1.54, 1.807) is 24.7 Å². The maximum Gasteiger partial charge on any atom is 0.264 e. The van der Waals surface area contributed by atoms with Gasteiger partial charge in [0.05, 0.1) is 3.57 Å². The van der Waals surface area contributed by atoms with Crippen molar-refractivity contribution in [2.75, 3.05) is 0 Å². The molecule has 4 nitrogen and oxygen atoms in total. The Hall–Kier alpha value is -1.24. The number of pyridine rings is 1. The molecule has 1 N–H and O–H groups in total. The summed E-state index contributed by atoms with van der Waals surface area (Å²) in [6, 6.07) is 3.64. The fourth-order valence-electron chi connectivity index (χ4n) is 1.03. The molecule has 2 aromatic heterocycles. The van der Waals surface area contributed by atoms with Gasteiger partial charge in [-0.25, -0.2) is 4.98 Å². The third-order valence-corrected chi connectivity index (χ3v) is 2.46. The van der Waals surface area contributed by atoms with Crippen LogP contribution in [0.25, 0.3) is 11.4 Å². The lowest BCUT2D eigenvalue weighted by atomic mass is 10.3. The third-order valence-electron chi connectivity index (χ3n) is 1.69. The molecule has 0 amide bonds. The van der Waals surface area contributed by atoms with Crippen molar-refractivity contribution >= 4 is 22.6 Å². The van der Waals surface area contributed by atoms with E-state index < -0.39 is 0 Å². The summed E-state index contributed by atoms with van der Waals surface area (Å²) in [5.74, 6) is 0.545. The number of H-pyrrole nitrogens is 1. The van der Waals surface area contributed by atoms with Crippen LogP contribution in [0.5, 0.6) is 0 Å². The largest absolute Gasteiger partial charge is 0.306 e. The Kier molecular flexibility index (Phi) is 2.58. The normalized spacial score (nSPS) is 10.1. The van der Waals surface area contributed by atoms with Crippen LogP contribution in [0.15, 0.2) is 35.5 Å². The molecule has 2 heterocycles. The lowest BCUT2D eigenvalue weighted by Gasteiger charge is -1.98. The summed E-state index contributed by atoms with van der Waals surface area (Å²) in [4.78, 5) is 22.0. The van der Waals surface area contributed by atoms with Gasteiger partial charge in [0.1, 0.15) is 5.82 Å². The number of nitrogens with zero attached hydrogens (tertiary/aromatic N) is 2. The Morgan fingerprint density at radius 1 is 1.36 bits per heavy atom. The van der Waals surface area contributed by atoms with Gasteiger partial charge in [-0.1, -0.05) is 0 Å². The van der Waals surface area contributed by atoms with E-state index in [0.29, 0.717) is 9.39 Å². The standard InChI is InChI=1S/C9H6IN3O/c10-7-5-12-8(13-9(7)14)6-2-1-3-11-4-6/h1-5H,(H,12,13,14). The Balaban J connectivity index is 2.54. The summed E-state index contributed by atoms with van der Waals surface area (Å²) in [6.07, 6.45) is 4.88. The molecule has 0 aromatic carbocycles. The summed E-state index contributed by atoms with van der Waals surface area (Å²) >= 11 is 1.94. The molecule has 0 radical (unpaired) electrons. The van der Waals surface area contributed by atoms with Gasteiger partial charge in [-0.2, -0.15) is 0 Å². The number of aromatic nitrogens is 3. The zero-order valence-corrected chi connectivity index (χ0v) is 9.22. The first-order valence-electron chi connectivity index (χ1n) is 3.92. The smallest absolute Gasteiger partial charge is 0.264 e. The molecule has 2 rings (SSSR count). The number of hydrogen-bond acceptors (Lipinski definition) is 3. The lowest BCUT2D eigenvalue weighted by molar-refractivity contribution is 1.10. The first kappa shape index (κ1) is 9.32. The maximum absolute atomic E-state index is 11.3. The van der Waals surface area contributed by atoms with E-state index in [2.05, 4.69) is 15.0 Å². The van der Waals surface area contributed by atoms with E-state index in [-0.39, 0.29) is 5.56 Å². The average molecular weight is 299 g/mol. The number of rotatable bonds is 1. The molecule has 5 heteroatoms. The second-order valence-electron chi connectivity index (χ2n) is 2.65. The van der Waals surface area contributed by atoms with Gasteiger partial charge in [0.15, 0.2) is 0 Å². The number of nitrogens with one attached hydrogen (secondary N) is 1. The molecule has 0 fully saturated rings. The minimum atomic E-state index is -0.126. The first-order valence-corrected chi connectivity index (χ1v) is 5.00. The molecule has 0 aliphatic carbocycles. The Labute approximate surface area is 93.6 Å². The molecule has 0 bridgehead atoms. The fourth-order valence-corrected chi connectivity index (χ4v) is 1.30. The fraction of sp³-hybridized carbons (Fsp3) is 0. The van der Waals surface area contributed by atoms with Crippen molar-refractivity contribution in [3.8, 4) is 11.4 Å². The van der Waals surface area contributed by atoms with Crippen molar-refractivity contribution in [1.82, 2.24) is 15.0 Å². The van der Waals surface area contributed by atoms with Crippen LogP contribution in [0.4, 0.5) is 0 Å². The highest BCUT2D eigenvalue weighted by molar-refractivity contribution is 14.1. The Morgan fingerprint density at radius 3 is 2.86 bits per heavy atom. The van der Waals surface area contributed by atoms with Gasteiger partial charge in [-0.15, -0.1) is 0 Å². The zero-order valence-electron chi connectivity index (χ0n) is 7.07. The van der Waals surface area contributed by atoms with Crippen molar-refractivity contribution in [3.05, 3.63) is 44.6 Å². The Bertz CT molecular complexity index is 495. The monoisotopic (exact) mass is 299 g/mol. The van der Waals surface area contributed by atoms with Gasteiger partial charge in [0.2, 0.25) is 0 Å². The van der Waals surface area contributed by atoms with Crippen LogP contribution in [0.2, 0.25) is 0 Å². The molecule has 0 aliphatic heterocycles. The minimum Gasteiger partial charge on any atom is -0.306 e. The zero-order chi connectivity index (χ0) is 9.97. The quantitative estimate of drug-likeness (QED) is 0.811. The third kappa shape index (κ3) is 1.82. The lowest BCUT2D eigenvalue weighted by Crippen LogP contribution is -2.11. The first-order chi connectivity index (χ1) is 6.77. The molecule has 0 saturated heterocycles. The molecule has 70 valence electrons. The van der Waals surface area contributed by atoms with Crippen LogP contribution < -0.4 is 5.56 Å². The van der Waals surface area contributed by atoms with Crippen molar-refractivity contribution in [2.24, 2.45) is 0 Å². The molecule has 14 heavy (non-hydrogen) atoms. The second kappa shape index (κ2) is 3.87. The van der Waals surface area contributed by atoms with Crippen molar-refractivity contribution < 1.29 is 0 Å². The van der Waals surface area contributed by atoms with Gasteiger partial charge in [-0.05, 0) is 34.7 Å². The van der Waals surface area contributed by atoms with E-state index in [1.165, 1.54) is 0 Å². The SMILES string of the molecule is O=c1[nH]c(-c2cccnc2)ncc1I. The van der Waals surface area contributed by atoms with Crippen LogP contribution in [0, 0.1) is 3.57 Å². The summed E-state index contributed by atoms with van der Waals surface area (Å²) in [6.45, 7) is 0. The van der Waals surface area contributed by atoms with E-state index in [1.807, 2.05) is 28.7 Å². The topological polar surface area (TPSA) is 58.6 Å². The van der Waals surface area contributed by atoms with Crippen LogP contribution in [-0.2, 0) is 0 Å². The van der Waals surface area contributed by atoms with Gasteiger partial charge >= 0.3 is 0 Å². The van der Waals surface area contributed by atoms with E-state index in [4.69, 9.17) is 0 Å². The van der Waals surface area contributed by atoms with Crippen molar-refractivity contribution in [2.45, 2.75) is 0 Å². The average Bonchev–Trinajstić information content (AvgIpc) is 2.23. The predicted octanol–water partition coefficient (Wildman–Crippen LogP) is 1.44. The van der Waals surface area contributed by atoms with Crippen molar-refractivity contribution in [3.63, 3.8) is 0 Å². The van der Waals surface area contributed by atoms with Crippen molar-refractivity contribution in [1.29, 1.82) is 0 Å². The summed E-state index contributed by atoms with van der Waals surface area (Å²) in [7, 11) is 0. The predicted molar refractivity (Wildman–Crippen MR) is 60.8 cm³/mol. The highest BCUT2D eigenvalue weighted by atomic mass is 127. The highest BCUT2D eigenvalue weighted by Gasteiger charge is 2.01. The van der Waals surface area contributed by atoms with Gasteiger partial charge in [-0.3, -0.25) is 9.78 Å². The molecule has 0 unspecified atom stereocenters. The summed E-state index contributed by atoms with van der Waals surface area (Å²) < 4.78 is 0.579. The number of hydrogen-bond donors (Lipinski definition) is 1. The number of halogens is 1. The van der Waals surface area contributed by atoms with Crippen LogP contribution in [-0.4, -0.2) is 15.0 Å². The van der Waals surface area contributed by atoms with Crippen LogP contribution in [0.1, 0.15) is 0 Å². The van der Waals surface area contributed by atoms with Gasteiger partial charge < -0.3 is 4.98 Å².